The number of nitrogens with zero attached hydrogens (tertiary/aromatic N) is 3. The van der Waals surface area contributed by atoms with Crippen molar-refractivity contribution in [3.63, 3.8) is 0 Å². The van der Waals surface area contributed by atoms with Crippen molar-refractivity contribution in [3.8, 4) is 11.3 Å². The fourth-order valence-electron chi connectivity index (χ4n) is 1.38. The second kappa shape index (κ2) is 5.94. The third-order valence-corrected chi connectivity index (χ3v) is 2.30. The van der Waals surface area contributed by atoms with Crippen molar-refractivity contribution in [2.75, 3.05) is 0 Å². The molecule has 0 aliphatic heterocycles. The van der Waals surface area contributed by atoms with Crippen molar-refractivity contribution in [2.24, 2.45) is 5.73 Å². The molecule has 2 N–H and O–H groups in total. The van der Waals surface area contributed by atoms with Crippen LogP contribution in [0.15, 0.2) is 30.6 Å². The van der Waals surface area contributed by atoms with Crippen molar-refractivity contribution >= 4 is 12.4 Å². The lowest BCUT2D eigenvalue weighted by atomic mass is 10.1. The molecule has 4 nitrogen and oxygen atoms in total. The lowest BCUT2D eigenvalue weighted by molar-refractivity contribution is -0.137. The average molecular weight is 291 g/mol. The van der Waals surface area contributed by atoms with Gasteiger partial charge in [0.25, 0.3) is 0 Å². The molecular weight excluding hydrogens is 281 g/mol. The van der Waals surface area contributed by atoms with Gasteiger partial charge in [-0.05, 0) is 18.2 Å². The van der Waals surface area contributed by atoms with Crippen LogP contribution in [0.2, 0.25) is 0 Å². The van der Waals surface area contributed by atoms with Crippen molar-refractivity contribution < 1.29 is 13.2 Å². The van der Waals surface area contributed by atoms with E-state index in [0.29, 0.717) is 17.0 Å². The molecule has 0 fully saturated rings. The van der Waals surface area contributed by atoms with Crippen LogP contribution in [0.5, 0.6) is 0 Å². The third-order valence-electron chi connectivity index (χ3n) is 2.30. The van der Waals surface area contributed by atoms with E-state index >= 15 is 0 Å². The highest BCUT2D eigenvalue weighted by Crippen LogP contribution is 2.29. The molecule has 0 aromatic carbocycles. The van der Waals surface area contributed by atoms with E-state index in [9.17, 15) is 13.2 Å². The van der Waals surface area contributed by atoms with E-state index < -0.39 is 11.7 Å². The van der Waals surface area contributed by atoms with Gasteiger partial charge in [0, 0.05) is 18.3 Å². The molecule has 2 heterocycles. The lowest BCUT2D eigenvalue weighted by Crippen LogP contribution is -2.05. The second-order valence-corrected chi connectivity index (χ2v) is 3.57. The first-order valence-electron chi connectivity index (χ1n) is 5.06. The molecule has 102 valence electrons. The monoisotopic (exact) mass is 290 g/mol. The van der Waals surface area contributed by atoms with Gasteiger partial charge in [-0.25, -0.2) is 0 Å². The van der Waals surface area contributed by atoms with E-state index in [1.54, 1.807) is 6.07 Å². The summed E-state index contributed by atoms with van der Waals surface area (Å²) in [7, 11) is 0. The Labute approximate surface area is 113 Å². The maximum Gasteiger partial charge on any atom is 0.417 e. The Morgan fingerprint density at radius 3 is 2.42 bits per heavy atom. The lowest BCUT2D eigenvalue weighted by Gasteiger charge is -2.07. The van der Waals surface area contributed by atoms with Crippen LogP contribution in [0.1, 0.15) is 11.3 Å². The molecule has 2 aromatic heterocycles. The smallest absolute Gasteiger partial charge is 0.325 e. The minimum atomic E-state index is -4.38. The molecule has 0 amide bonds. The fourth-order valence-corrected chi connectivity index (χ4v) is 1.38. The molecule has 0 bridgehead atoms. The molecule has 0 saturated carbocycles. The topological polar surface area (TPSA) is 64.7 Å². The van der Waals surface area contributed by atoms with Crippen LogP contribution < -0.4 is 5.73 Å². The highest BCUT2D eigenvalue weighted by molar-refractivity contribution is 5.85. The predicted octanol–water partition coefficient (Wildman–Crippen LogP) is 2.44. The van der Waals surface area contributed by atoms with Crippen LogP contribution in [-0.2, 0) is 12.7 Å². The van der Waals surface area contributed by atoms with E-state index in [2.05, 4.69) is 15.2 Å². The molecule has 19 heavy (non-hydrogen) atoms. The number of aromatic nitrogens is 3. The summed E-state index contributed by atoms with van der Waals surface area (Å²) in [5, 5.41) is 7.47. The standard InChI is InChI=1S/C11H9F3N4.ClH/c12-11(13,14)8-1-2-10(16-6-8)7-3-9(4-15)18-17-5-7;/h1-3,5-6H,4,15H2;1H. The highest BCUT2D eigenvalue weighted by Gasteiger charge is 2.30. The second-order valence-electron chi connectivity index (χ2n) is 3.57. The van der Waals surface area contributed by atoms with E-state index in [0.717, 1.165) is 12.3 Å². The predicted molar refractivity (Wildman–Crippen MR) is 65.4 cm³/mol. The Kier molecular flexibility index (Phi) is 4.79. The van der Waals surface area contributed by atoms with Crippen molar-refractivity contribution in [1.82, 2.24) is 15.2 Å². The maximum absolute atomic E-state index is 12.4. The van der Waals surface area contributed by atoms with E-state index in [1.807, 2.05) is 0 Å². The number of halogens is 4. The Hall–Kier alpha value is -1.73. The Balaban J connectivity index is 0.00000180. The number of pyridine rings is 1. The summed E-state index contributed by atoms with van der Waals surface area (Å²) in [5.74, 6) is 0. The Morgan fingerprint density at radius 2 is 1.89 bits per heavy atom. The van der Waals surface area contributed by atoms with Gasteiger partial charge in [0.2, 0.25) is 0 Å². The minimum Gasteiger partial charge on any atom is -0.325 e. The van der Waals surface area contributed by atoms with Crippen LogP contribution in [0.4, 0.5) is 13.2 Å². The quantitative estimate of drug-likeness (QED) is 0.922. The molecule has 0 saturated heterocycles. The number of hydrogen-bond donors (Lipinski definition) is 1. The van der Waals surface area contributed by atoms with Crippen LogP contribution in [-0.4, -0.2) is 15.2 Å². The summed E-state index contributed by atoms with van der Waals surface area (Å²) in [5.41, 5.74) is 6.15. The van der Waals surface area contributed by atoms with Gasteiger partial charge in [0.05, 0.1) is 23.1 Å². The molecule has 0 aliphatic carbocycles. The van der Waals surface area contributed by atoms with Gasteiger partial charge >= 0.3 is 6.18 Å². The van der Waals surface area contributed by atoms with Crippen LogP contribution >= 0.6 is 12.4 Å². The molecule has 0 radical (unpaired) electrons. The molecule has 2 aromatic rings. The summed E-state index contributed by atoms with van der Waals surface area (Å²) in [6.07, 6.45) is -2.17. The normalized spacial score (nSPS) is 10.9. The number of hydrogen-bond acceptors (Lipinski definition) is 4. The average Bonchev–Trinajstić information content (AvgIpc) is 2.38. The molecule has 8 heteroatoms. The minimum absolute atomic E-state index is 0. The SMILES string of the molecule is Cl.NCc1cc(-c2ccc(C(F)(F)F)cn2)cnn1. The maximum atomic E-state index is 12.4. The van der Waals surface area contributed by atoms with Crippen molar-refractivity contribution in [1.29, 1.82) is 0 Å². The Morgan fingerprint density at radius 1 is 1.16 bits per heavy atom. The number of rotatable bonds is 2. The van der Waals surface area contributed by atoms with Crippen molar-refractivity contribution in [2.45, 2.75) is 12.7 Å². The first kappa shape index (κ1) is 15.3. The Bertz CT molecular complexity index is 542. The van der Waals surface area contributed by atoms with Gasteiger partial charge in [-0.1, -0.05) is 0 Å². The third kappa shape index (κ3) is 3.62. The van der Waals surface area contributed by atoms with E-state index in [-0.39, 0.29) is 19.0 Å². The van der Waals surface area contributed by atoms with Gasteiger partial charge in [0.1, 0.15) is 0 Å². The zero-order valence-electron chi connectivity index (χ0n) is 9.55. The fraction of sp³-hybridized carbons (Fsp3) is 0.182. The van der Waals surface area contributed by atoms with Crippen LogP contribution in [0, 0.1) is 0 Å². The zero-order valence-corrected chi connectivity index (χ0v) is 10.4. The first-order chi connectivity index (χ1) is 8.50. The highest BCUT2D eigenvalue weighted by atomic mass is 35.5. The number of alkyl halides is 3. The summed E-state index contributed by atoms with van der Waals surface area (Å²) in [4.78, 5) is 3.76. The van der Waals surface area contributed by atoms with Crippen LogP contribution in [0.25, 0.3) is 11.3 Å². The molecule has 0 atom stereocenters. The summed E-state index contributed by atoms with van der Waals surface area (Å²) in [6.45, 7) is 0.210. The zero-order chi connectivity index (χ0) is 13.2. The summed E-state index contributed by atoms with van der Waals surface area (Å²) in [6, 6.07) is 3.91. The molecule has 2 rings (SSSR count). The van der Waals surface area contributed by atoms with Crippen LogP contribution in [0.3, 0.4) is 0 Å². The number of nitrogens with two attached hydrogens (primary N) is 1. The van der Waals surface area contributed by atoms with Gasteiger partial charge in [-0.15, -0.1) is 12.4 Å². The molecule has 0 spiro atoms. The molecule has 0 unspecified atom stereocenters. The summed E-state index contributed by atoms with van der Waals surface area (Å²) >= 11 is 0. The first-order valence-corrected chi connectivity index (χ1v) is 5.06. The molecule has 0 aliphatic rings. The van der Waals surface area contributed by atoms with Gasteiger partial charge in [0.15, 0.2) is 0 Å². The van der Waals surface area contributed by atoms with Gasteiger partial charge in [-0.2, -0.15) is 23.4 Å². The van der Waals surface area contributed by atoms with E-state index in [1.165, 1.54) is 12.3 Å². The van der Waals surface area contributed by atoms with E-state index in [4.69, 9.17) is 5.73 Å². The van der Waals surface area contributed by atoms with Gasteiger partial charge < -0.3 is 5.73 Å². The molecular formula is C11H10ClF3N4. The van der Waals surface area contributed by atoms with Crippen molar-refractivity contribution in [3.05, 3.63) is 41.9 Å². The summed E-state index contributed by atoms with van der Waals surface area (Å²) < 4.78 is 37.1. The van der Waals surface area contributed by atoms with Gasteiger partial charge in [-0.3, -0.25) is 4.98 Å². The largest absolute Gasteiger partial charge is 0.417 e.